The fourth-order valence-corrected chi connectivity index (χ4v) is 0.769. The summed E-state index contributed by atoms with van der Waals surface area (Å²) in [6, 6.07) is 0. The molecule has 0 saturated carbocycles. The van der Waals surface area contributed by atoms with Gasteiger partial charge in [-0.15, -0.1) is 0 Å². The topological polar surface area (TPSA) is 35.7 Å². The molecule has 0 fully saturated rings. The highest BCUT2D eigenvalue weighted by molar-refractivity contribution is 4.53. The molecule has 0 unspecified atom stereocenters. The van der Waals surface area contributed by atoms with E-state index in [0.29, 0.717) is 0 Å². The summed E-state index contributed by atoms with van der Waals surface area (Å²) in [4.78, 5) is 4.27. The van der Waals surface area contributed by atoms with Crippen LogP contribution in [0.1, 0.15) is 0 Å². The zero-order valence-corrected chi connectivity index (χ0v) is 8.75. The van der Waals surface area contributed by atoms with Crippen molar-refractivity contribution < 1.29 is 0 Å². The van der Waals surface area contributed by atoms with E-state index >= 15 is 0 Å². The summed E-state index contributed by atoms with van der Waals surface area (Å²) >= 11 is 0. The molecule has 0 atom stereocenters. The van der Waals surface area contributed by atoms with Gasteiger partial charge in [-0.1, -0.05) is 0 Å². The number of likely N-dealkylation sites (N-methyl/N-ethyl adjacent to an activating group) is 2. The van der Waals surface area contributed by atoms with Crippen LogP contribution in [0.3, 0.4) is 0 Å². The molecule has 12 heavy (non-hydrogen) atoms. The Labute approximate surface area is 75.9 Å². The van der Waals surface area contributed by atoms with Gasteiger partial charge in [0.1, 0.15) is 0 Å². The monoisotopic (exact) mass is 174 g/mol. The summed E-state index contributed by atoms with van der Waals surface area (Å²) in [7, 11) is 8.22. The van der Waals surface area contributed by atoms with Crippen LogP contribution in [0.5, 0.6) is 0 Å². The molecule has 0 heterocycles. The average Bonchev–Trinajstić information content (AvgIpc) is 1.96. The minimum absolute atomic E-state index is 0.931. The Morgan fingerprint density at radius 2 is 1.08 bits per heavy atom. The second-order valence-corrected chi connectivity index (χ2v) is 3.64. The first-order valence-corrected chi connectivity index (χ1v) is 4.31. The summed E-state index contributed by atoms with van der Waals surface area (Å²) in [6.07, 6.45) is 0. The molecular weight excluding hydrogens is 152 g/mol. The summed E-state index contributed by atoms with van der Waals surface area (Å²) in [6.45, 7) is 3.90. The third-order valence-corrected chi connectivity index (χ3v) is 1.67. The van der Waals surface area contributed by atoms with Crippen LogP contribution in [0, 0.1) is 0 Å². The molecule has 2 N–H and O–H groups in total. The lowest BCUT2D eigenvalue weighted by molar-refractivity contribution is 0.223. The SMILES string of the molecule is CN(C)CCN(N)CCN(C)C. The second-order valence-electron chi connectivity index (χ2n) is 3.64. The van der Waals surface area contributed by atoms with E-state index in [1.165, 1.54) is 0 Å². The van der Waals surface area contributed by atoms with Gasteiger partial charge < -0.3 is 9.80 Å². The minimum Gasteiger partial charge on any atom is -0.308 e. The van der Waals surface area contributed by atoms with Crippen LogP contribution in [-0.2, 0) is 0 Å². The Kier molecular flexibility index (Phi) is 6.28. The molecule has 0 saturated heterocycles. The average molecular weight is 174 g/mol. The maximum atomic E-state index is 5.75. The van der Waals surface area contributed by atoms with Gasteiger partial charge >= 0.3 is 0 Å². The molecular formula is C8H22N4. The van der Waals surface area contributed by atoms with Gasteiger partial charge in [-0.2, -0.15) is 0 Å². The standard InChI is InChI=1S/C8H22N4/c1-10(2)5-7-12(9)8-6-11(3)4/h5-9H2,1-4H3. The van der Waals surface area contributed by atoms with Crippen LogP contribution >= 0.6 is 0 Å². The van der Waals surface area contributed by atoms with Crippen molar-refractivity contribution in [2.45, 2.75) is 0 Å². The number of nitrogens with zero attached hydrogens (tertiary/aromatic N) is 3. The molecule has 0 aliphatic carbocycles. The van der Waals surface area contributed by atoms with Crippen LogP contribution in [0.15, 0.2) is 0 Å². The van der Waals surface area contributed by atoms with E-state index in [1.807, 2.05) is 5.01 Å². The Hall–Kier alpha value is -0.160. The van der Waals surface area contributed by atoms with E-state index in [-0.39, 0.29) is 0 Å². The predicted molar refractivity (Wildman–Crippen MR) is 52.9 cm³/mol. The molecule has 0 aliphatic rings. The largest absolute Gasteiger partial charge is 0.308 e. The van der Waals surface area contributed by atoms with Crippen LogP contribution in [0.2, 0.25) is 0 Å². The van der Waals surface area contributed by atoms with E-state index in [4.69, 9.17) is 5.84 Å². The third kappa shape index (κ3) is 7.94. The Morgan fingerprint density at radius 1 is 0.750 bits per heavy atom. The van der Waals surface area contributed by atoms with Crippen molar-refractivity contribution in [2.24, 2.45) is 5.84 Å². The number of rotatable bonds is 6. The first-order valence-electron chi connectivity index (χ1n) is 4.31. The first kappa shape index (κ1) is 11.8. The lowest BCUT2D eigenvalue weighted by atomic mass is 10.5. The van der Waals surface area contributed by atoms with Crippen LogP contribution in [-0.4, -0.2) is 69.2 Å². The molecule has 0 bridgehead atoms. The van der Waals surface area contributed by atoms with Crippen LogP contribution in [0.25, 0.3) is 0 Å². The van der Waals surface area contributed by atoms with Gasteiger partial charge in [-0.25, -0.2) is 5.01 Å². The van der Waals surface area contributed by atoms with Gasteiger partial charge in [0, 0.05) is 26.2 Å². The first-order chi connectivity index (χ1) is 5.52. The Bertz CT molecular complexity index is 91.2. The second kappa shape index (κ2) is 6.37. The fourth-order valence-electron chi connectivity index (χ4n) is 0.769. The van der Waals surface area contributed by atoms with Crippen molar-refractivity contribution in [1.82, 2.24) is 14.8 Å². The summed E-state index contributed by atoms with van der Waals surface area (Å²) < 4.78 is 0. The predicted octanol–water partition coefficient (Wildman–Crippen LogP) is -0.715. The van der Waals surface area contributed by atoms with E-state index in [1.54, 1.807) is 0 Å². The molecule has 4 nitrogen and oxygen atoms in total. The van der Waals surface area contributed by atoms with Gasteiger partial charge in [0.2, 0.25) is 0 Å². The number of hydrazine groups is 1. The summed E-state index contributed by atoms with van der Waals surface area (Å²) in [5, 5.41) is 1.86. The molecule has 0 aromatic heterocycles. The molecule has 0 amide bonds. The van der Waals surface area contributed by atoms with E-state index in [0.717, 1.165) is 26.2 Å². The van der Waals surface area contributed by atoms with Gasteiger partial charge in [0.05, 0.1) is 0 Å². The molecule has 0 aromatic carbocycles. The van der Waals surface area contributed by atoms with Crippen molar-refractivity contribution in [2.75, 3.05) is 54.4 Å². The van der Waals surface area contributed by atoms with Crippen molar-refractivity contribution >= 4 is 0 Å². The van der Waals surface area contributed by atoms with Gasteiger partial charge in [0.15, 0.2) is 0 Å². The summed E-state index contributed by atoms with van der Waals surface area (Å²) in [5.41, 5.74) is 0. The zero-order chi connectivity index (χ0) is 9.56. The highest BCUT2D eigenvalue weighted by Gasteiger charge is 1.99. The van der Waals surface area contributed by atoms with Gasteiger partial charge in [0.25, 0.3) is 0 Å². The Balaban J connectivity index is 3.27. The minimum atomic E-state index is 0.931. The molecule has 0 aliphatic heterocycles. The summed E-state index contributed by atoms with van der Waals surface area (Å²) in [5.74, 6) is 5.75. The van der Waals surface area contributed by atoms with Crippen molar-refractivity contribution in [3.63, 3.8) is 0 Å². The third-order valence-electron chi connectivity index (χ3n) is 1.67. The molecule has 0 aromatic rings. The number of hydrogen-bond donors (Lipinski definition) is 1. The maximum Gasteiger partial charge on any atom is 0.0256 e. The number of hydrogen-bond acceptors (Lipinski definition) is 4. The molecule has 74 valence electrons. The zero-order valence-electron chi connectivity index (χ0n) is 8.75. The number of nitrogens with two attached hydrogens (primary N) is 1. The maximum absolute atomic E-state index is 5.75. The Morgan fingerprint density at radius 3 is 1.33 bits per heavy atom. The highest BCUT2D eigenvalue weighted by Crippen LogP contribution is 1.82. The molecule has 0 rings (SSSR count). The molecule has 4 heteroatoms. The van der Waals surface area contributed by atoms with Crippen LogP contribution < -0.4 is 5.84 Å². The van der Waals surface area contributed by atoms with Crippen LogP contribution in [0.4, 0.5) is 0 Å². The van der Waals surface area contributed by atoms with E-state index < -0.39 is 0 Å². The molecule has 0 radical (unpaired) electrons. The van der Waals surface area contributed by atoms with Crippen molar-refractivity contribution in [1.29, 1.82) is 0 Å². The lowest BCUT2D eigenvalue weighted by Gasteiger charge is -2.20. The van der Waals surface area contributed by atoms with Crippen molar-refractivity contribution in [3.8, 4) is 0 Å². The van der Waals surface area contributed by atoms with Gasteiger partial charge in [-0.05, 0) is 28.2 Å². The van der Waals surface area contributed by atoms with Crippen molar-refractivity contribution in [3.05, 3.63) is 0 Å². The van der Waals surface area contributed by atoms with Gasteiger partial charge in [-0.3, -0.25) is 5.84 Å². The van der Waals surface area contributed by atoms with E-state index in [9.17, 15) is 0 Å². The normalized spacial score (nSPS) is 12.0. The fraction of sp³-hybridized carbons (Fsp3) is 1.00. The smallest absolute Gasteiger partial charge is 0.0256 e. The molecule has 0 spiro atoms. The lowest BCUT2D eigenvalue weighted by Crippen LogP contribution is -2.40. The van der Waals surface area contributed by atoms with E-state index in [2.05, 4.69) is 38.0 Å². The highest BCUT2D eigenvalue weighted by atomic mass is 15.4. The quantitative estimate of drug-likeness (QED) is 0.426.